The molecule has 1 amide bonds. The summed E-state index contributed by atoms with van der Waals surface area (Å²) >= 11 is 0. The van der Waals surface area contributed by atoms with Crippen LogP contribution in [0.15, 0.2) is 18.2 Å². The highest BCUT2D eigenvalue weighted by Gasteiger charge is 2.55. The quantitative estimate of drug-likeness (QED) is 0.675. The van der Waals surface area contributed by atoms with E-state index in [0.717, 1.165) is 38.4 Å². The number of fused-ring (bicyclic) bond motifs is 1. The molecule has 0 aromatic heterocycles. The van der Waals surface area contributed by atoms with Crippen molar-refractivity contribution in [3.05, 3.63) is 29.3 Å². The molecule has 2 bridgehead atoms. The van der Waals surface area contributed by atoms with E-state index >= 15 is 0 Å². The van der Waals surface area contributed by atoms with E-state index in [1.165, 1.54) is 17.5 Å². The average Bonchev–Trinajstić information content (AvgIpc) is 2.59. The molecule has 1 saturated heterocycles. The molecule has 3 atom stereocenters. The number of rotatable bonds is 2. The summed E-state index contributed by atoms with van der Waals surface area (Å²) in [4.78, 5) is 14.9. The van der Waals surface area contributed by atoms with Crippen molar-refractivity contribution in [2.75, 3.05) is 12.8 Å². The van der Waals surface area contributed by atoms with E-state index in [2.05, 4.69) is 0 Å². The minimum atomic E-state index is -3.56. The molecule has 1 aliphatic heterocycles. The third-order valence-corrected chi connectivity index (χ3v) is 7.18. The van der Waals surface area contributed by atoms with Crippen molar-refractivity contribution < 1.29 is 22.1 Å². The van der Waals surface area contributed by atoms with Crippen molar-refractivity contribution in [3.8, 4) is 5.75 Å². The summed E-state index contributed by atoms with van der Waals surface area (Å²) in [5, 5.41) is 0. The third-order valence-electron chi connectivity index (χ3n) is 6.68. The number of hydrogen-bond donors (Lipinski definition) is 0. The molecule has 0 N–H and O–H groups in total. The Labute approximate surface area is 173 Å². The molecular formula is C22H31NO5S. The topological polar surface area (TPSA) is 72.9 Å². The van der Waals surface area contributed by atoms with Gasteiger partial charge in [-0.2, -0.15) is 8.42 Å². The molecule has 2 aliphatic carbocycles. The van der Waals surface area contributed by atoms with Gasteiger partial charge in [-0.15, -0.1) is 0 Å². The highest BCUT2D eigenvalue weighted by atomic mass is 32.2. The number of carbonyl (C=O) groups excluding carboxylic acids is 1. The lowest BCUT2D eigenvalue weighted by Gasteiger charge is -2.58. The maximum atomic E-state index is 12.9. The van der Waals surface area contributed by atoms with Crippen LogP contribution in [0.1, 0.15) is 64.0 Å². The fourth-order valence-corrected chi connectivity index (χ4v) is 6.21. The van der Waals surface area contributed by atoms with Crippen LogP contribution in [-0.2, 0) is 26.7 Å². The Kier molecular flexibility index (Phi) is 4.88. The first-order chi connectivity index (χ1) is 13.5. The monoisotopic (exact) mass is 421 g/mol. The molecule has 0 radical (unpaired) electrons. The normalized spacial score (nSPS) is 28.9. The van der Waals surface area contributed by atoms with E-state index in [9.17, 15) is 13.2 Å². The van der Waals surface area contributed by atoms with Crippen molar-refractivity contribution in [1.82, 2.24) is 4.90 Å². The minimum Gasteiger partial charge on any atom is -0.444 e. The summed E-state index contributed by atoms with van der Waals surface area (Å²) in [7, 11) is -3.56. The van der Waals surface area contributed by atoms with Crippen LogP contribution in [0, 0.1) is 5.92 Å². The first kappa shape index (κ1) is 20.5. The standard InChI is InChI=1S/C22H31NO5S/c1-21(2,3)27-20(24)23-12-11-22-10-6-5-7-17(22)19(23)13-15-8-9-16(14-18(15)22)28-29(4,25)26/h8-9,14,17,19H,5-7,10-13H2,1-4H3. The number of carbonyl (C=O) groups is 1. The number of ether oxygens (including phenoxy) is 1. The van der Waals surface area contributed by atoms with Crippen molar-refractivity contribution in [3.63, 3.8) is 0 Å². The van der Waals surface area contributed by atoms with E-state index in [1.807, 2.05) is 37.8 Å². The predicted octanol–water partition coefficient (Wildman–Crippen LogP) is 4.02. The molecule has 3 unspecified atom stereocenters. The van der Waals surface area contributed by atoms with Crippen LogP contribution in [0.4, 0.5) is 4.79 Å². The predicted molar refractivity (Wildman–Crippen MR) is 111 cm³/mol. The fourth-order valence-electron chi connectivity index (χ4n) is 5.76. The summed E-state index contributed by atoms with van der Waals surface area (Å²) < 4.78 is 34.1. The van der Waals surface area contributed by atoms with Crippen molar-refractivity contribution >= 4 is 16.2 Å². The Morgan fingerprint density at radius 2 is 1.97 bits per heavy atom. The number of likely N-dealkylation sites (tertiary alicyclic amines) is 1. The summed E-state index contributed by atoms with van der Waals surface area (Å²) in [5.74, 6) is 0.761. The van der Waals surface area contributed by atoms with Gasteiger partial charge in [-0.25, -0.2) is 4.79 Å². The van der Waals surface area contributed by atoms with E-state index in [1.54, 1.807) is 6.07 Å². The fraction of sp³-hybridized carbons (Fsp3) is 0.682. The highest BCUT2D eigenvalue weighted by Crippen LogP contribution is 2.56. The molecule has 1 aromatic carbocycles. The summed E-state index contributed by atoms with van der Waals surface area (Å²) in [6.45, 7) is 6.38. The van der Waals surface area contributed by atoms with Gasteiger partial charge in [0.1, 0.15) is 11.4 Å². The van der Waals surface area contributed by atoms with Crippen LogP contribution in [0.25, 0.3) is 0 Å². The molecule has 6 nitrogen and oxygen atoms in total. The van der Waals surface area contributed by atoms with E-state index < -0.39 is 15.7 Å². The molecule has 1 aromatic rings. The maximum Gasteiger partial charge on any atom is 0.410 e. The number of nitrogens with zero attached hydrogens (tertiary/aromatic N) is 1. The zero-order chi connectivity index (χ0) is 21.0. The molecule has 29 heavy (non-hydrogen) atoms. The van der Waals surface area contributed by atoms with Gasteiger partial charge in [0, 0.05) is 18.0 Å². The van der Waals surface area contributed by atoms with Gasteiger partial charge in [0.15, 0.2) is 0 Å². The Morgan fingerprint density at radius 3 is 2.66 bits per heavy atom. The molecule has 160 valence electrons. The van der Waals surface area contributed by atoms with Crippen LogP contribution in [-0.4, -0.2) is 43.9 Å². The Morgan fingerprint density at radius 1 is 1.21 bits per heavy atom. The van der Waals surface area contributed by atoms with Crippen LogP contribution in [0.2, 0.25) is 0 Å². The lowest BCUT2D eigenvalue weighted by Crippen LogP contribution is -2.62. The number of benzene rings is 1. The van der Waals surface area contributed by atoms with Gasteiger partial charge in [-0.3, -0.25) is 0 Å². The zero-order valence-electron chi connectivity index (χ0n) is 17.7. The van der Waals surface area contributed by atoms with Gasteiger partial charge in [0.05, 0.1) is 6.26 Å². The number of piperidine rings is 1. The smallest absolute Gasteiger partial charge is 0.410 e. The SMILES string of the molecule is CC(C)(C)OC(=O)N1CCC23CCCCC2C1Cc1ccc(OS(C)(=O)=O)cc13. The Bertz CT molecular complexity index is 920. The number of hydrogen-bond acceptors (Lipinski definition) is 5. The van der Waals surface area contributed by atoms with Gasteiger partial charge in [-0.05, 0) is 75.6 Å². The zero-order valence-corrected chi connectivity index (χ0v) is 18.5. The summed E-state index contributed by atoms with van der Waals surface area (Å²) in [6, 6.07) is 5.78. The first-order valence-corrected chi connectivity index (χ1v) is 12.3. The highest BCUT2D eigenvalue weighted by molar-refractivity contribution is 7.86. The van der Waals surface area contributed by atoms with E-state index in [0.29, 0.717) is 18.2 Å². The average molecular weight is 422 g/mol. The van der Waals surface area contributed by atoms with Crippen LogP contribution in [0.5, 0.6) is 5.75 Å². The van der Waals surface area contributed by atoms with Gasteiger partial charge in [0.25, 0.3) is 0 Å². The lowest BCUT2D eigenvalue weighted by atomic mass is 9.52. The van der Waals surface area contributed by atoms with Gasteiger partial charge < -0.3 is 13.8 Å². The molecule has 7 heteroatoms. The van der Waals surface area contributed by atoms with E-state index in [4.69, 9.17) is 8.92 Å². The maximum absolute atomic E-state index is 12.9. The Hall–Kier alpha value is -1.76. The van der Waals surface area contributed by atoms with Gasteiger partial charge in [0.2, 0.25) is 0 Å². The second kappa shape index (κ2) is 6.89. The van der Waals surface area contributed by atoms with Crippen LogP contribution >= 0.6 is 0 Å². The molecule has 3 aliphatic rings. The number of amides is 1. The van der Waals surface area contributed by atoms with Crippen LogP contribution < -0.4 is 4.18 Å². The molecule has 0 spiro atoms. The van der Waals surface area contributed by atoms with Crippen molar-refractivity contribution in [2.24, 2.45) is 5.92 Å². The first-order valence-electron chi connectivity index (χ1n) is 10.5. The molecule has 1 heterocycles. The Balaban J connectivity index is 1.72. The second-order valence-corrected chi connectivity index (χ2v) is 11.4. The lowest BCUT2D eigenvalue weighted by molar-refractivity contribution is -0.0349. The van der Waals surface area contributed by atoms with Crippen LogP contribution in [0.3, 0.4) is 0 Å². The van der Waals surface area contributed by atoms with E-state index in [-0.39, 0.29) is 17.6 Å². The van der Waals surface area contributed by atoms with Gasteiger partial charge in [-0.1, -0.05) is 18.9 Å². The van der Waals surface area contributed by atoms with Crippen molar-refractivity contribution in [1.29, 1.82) is 0 Å². The molecule has 4 rings (SSSR count). The molecular weight excluding hydrogens is 390 g/mol. The molecule has 2 fully saturated rings. The summed E-state index contributed by atoms with van der Waals surface area (Å²) in [5.41, 5.74) is 1.90. The van der Waals surface area contributed by atoms with Gasteiger partial charge >= 0.3 is 16.2 Å². The largest absolute Gasteiger partial charge is 0.444 e. The minimum absolute atomic E-state index is 0.00805. The second-order valence-electron chi connectivity index (χ2n) is 9.81. The summed E-state index contributed by atoms with van der Waals surface area (Å²) in [6.07, 6.45) is 6.99. The van der Waals surface area contributed by atoms with Crippen molar-refractivity contribution in [2.45, 2.75) is 76.4 Å². The molecule has 1 saturated carbocycles. The third kappa shape index (κ3) is 3.86.